The van der Waals surface area contributed by atoms with Crippen LogP contribution >= 0.6 is 15.9 Å². The van der Waals surface area contributed by atoms with Crippen molar-refractivity contribution in [3.8, 4) is 0 Å². The molecule has 1 saturated heterocycles. The summed E-state index contributed by atoms with van der Waals surface area (Å²) in [6.07, 6.45) is -0.971. The molecule has 1 aliphatic heterocycles. The summed E-state index contributed by atoms with van der Waals surface area (Å²) in [5.74, 6) is -0.417. The number of carbonyl (C=O) groups is 2. The van der Waals surface area contributed by atoms with E-state index in [2.05, 4.69) is 15.9 Å². The Labute approximate surface area is 132 Å². The minimum atomic E-state index is -0.707. The van der Waals surface area contributed by atoms with Crippen molar-refractivity contribution < 1.29 is 19.1 Å². The average molecular weight is 356 g/mol. The molecule has 2 rings (SSSR count). The molecule has 0 unspecified atom stereocenters. The largest absolute Gasteiger partial charge is 0.467 e. The van der Waals surface area contributed by atoms with Gasteiger partial charge in [0.05, 0.1) is 13.7 Å². The number of hydrogen-bond donors (Lipinski definition) is 0. The highest BCUT2D eigenvalue weighted by Crippen LogP contribution is 2.28. The maximum Gasteiger partial charge on any atom is 0.411 e. The highest BCUT2D eigenvalue weighted by atomic mass is 79.9. The van der Waals surface area contributed by atoms with Crippen LogP contribution in [0.4, 0.5) is 4.79 Å². The van der Waals surface area contributed by atoms with E-state index in [4.69, 9.17) is 9.47 Å². The van der Waals surface area contributed by atoms with E-state index in [1.807, 2.05) is 38.1 Å². The Morgan fingerprint density at radius 1 is 1.48 bits per heavy atom. The Hall–Kier alpha value is -1.56. The molecule has 0 N–H and O–H groups in total. The van der Waals surface area contributed by atoms with Gasteiger partial charge < -0.3 is 9.47 Å². The number of benzene rings is 1. The highest BCUT2D eigenvalue weighted by molar-refractivity contribution is 9.10. The molecule has 6 heteroatoms. The normalized spacial score (nSPS) is 21.6. The van der Waals surface area contributed by atoms with Crippen molar-refractivity contribution in [2.75, 3.05) is 7.11 Å². The van der Waals surface area contributed by atoms with E-state index >= 15 is 0 Å². The number of halogens is 1. The Morgan fingerprint density at radius 2 is 2.19 bits per heavy atom. The van der Waals surface area contributed by atoms with Gasteiger partial charge in [-0.1, -0.05) is 41.9 Å². The number of amides is 1. The van der Waals surface area contributed by atoms with Gasteiger partial charge in [-0.25, -0.2) is 9.59 Å². The van der Waals surface area contributed by atoms with Crippen LogP contribution in [0.5, 0.6) is 0 Å². The molecule has 1 amide bonds. The predicted molar refractivity (Wildman–Crippen MR) is 80.6 cm³/mol. The standard InChI is InChI=1S/C15H18BrNO4/c1-9(2)13-12(14(18)20-3)17(15(19)21-13)8-10-5-4-6-11(16)7-10/h4-7,9,12-13H,8H2,1-3H3/t12-,13+/m1/s1. The lowest BCUT2D eigenvalue weighted by Gasteiger charge is -2.24. The number of carbonyl (C=O) groups excluding carboxylic acids is 2. The molecule has 1 aromatic rings. The lowest BCUT2D eigenvalue weighted by Crippen LogP contribution is -2.44. The third kappa shape index (κ3) is 3.37. The van der Waals surface area contributed by atoms with E-state index in [0.29, 0.717) is 6.54 Å². The molecule has 2 atom stereocenters. The number of methoxy groups -OCH3 is 1. The van der Waals surface area contributed by atoms with Crippen LogP contribution in [-0.2, 0) is 20.8 Å². The van der Waals surface area contributed by atoms with Crippen LogP contribution in [-0.4, -0.2) is 36.2 Å². The van der Waals surface area contributed by atoms with Crippen molar-refractivity contribution in [3.05, 3.63) is 34.3 Å². The van der Waals surface area contributed by atoms with Crippen molar-refractivity contribution in [1.82, 2.24) is 4.90 Å². The van der Waals surface area contributed by atoms with Crippen molar-refractivity contribution in [3.63, 3.8) is 0 Å². The fraction of sp³-hybridized carbons (Fsp3) is 0.467. The average Bonchev–Trinajstić information content (AvgIpc) is 2.76. The molecule has 114 valence electrons. The first kappa shape index (κ1) is 15.8. The van der Waals surface area contributed by atoms with E-state index in [9.17, 15) is 9.59 Å². The van der Waals surface area contributed by atoms with Crippen LogP contribution in [0.15, 0.2) is 28.7 Å². The number of ether oxygens (including phenoxy) is 2. The molecule has 0 aliphatic carbocycles. The van der Waals surface area contributed by atoms with Crippen LogP contribution in [0.1, 0.15) is 19.4 Å². The number of cyclic esters (lactones) is 1. The molecule has 0 spiro atoms. The van der Waals surface area contributed by atoms with Gasteiger partial charge in [0.15, 0.2) is 6.04 Å². The number of hydrogen-bond acceptors (Lipinski definition) is 4. The Kier molecular flexibility index (Phi) is 4.88. The zero-order chi connectivity index (χ0) is 15.6. The minimum absolute atomic E-state index is 0.0329. The second-order valence-electron chi connectivity index (χ2n) is 5.32. The maximum absolute atomic E-state index is 12.1. The summed E-state index contributed by atoms with van der Waals surface area (Å²) in [6.45, 7) is 4.13. The molecule has 1 fully saturated rings. The molecule has 1 aliphatic rings. The van der Waals surface area contributed by atoms with Gasteiger partial charge in [0.1, 0.15) is 6.10 Å². The van der Waals surface area contributed by atoms with E-state index in [1.165, 1.54) is 12.0 Å². The minimum Gasteiger partial charge on any atom is -0.467 e. The highest BCUT2D eigenvalue weighted by Gasteiger charge is 2.48. The lowest BCUT2D eigenvalue weighted by atomic mass is 9.99. The van der Waals surface area contributed by atoms with Crippen molar-refractivity contribution in [2.45, 2.75) is 32.5 Å². The van der Waals surface area contributed by atoms with Gasteiger partial charge in [-0.3, -0.25) is 4.90 Å². The zero-order valence-electron chi connectivity index (χ0n) is 12.2. The summed E-state index contributed by atoms with van der Waals surface area (Å²) in [5.41, 5.74) is 0.916. The Morgan fingerprint density at radius 3 is 2.76 bits per heavy atom. The van der Waals surface area contributed by atoms with Crippen molar-refractivity contribution in [2.24, 2.45) is 5.92 Å². The van der Waals surface area contributed by atoms with Gasteiger partial charge in [-0.2, -0.15) is 0 Å². The van der Waals surface area contributed by atoms with E-state index in [-0.39, 0.29) is 5.92 Å². The van der Waals surface area contributed by atoms with Gasteiger partial charge in [0.2, 0.25) is 0 Å². The smallest absolute Gasteiger partial charge is 0.411 e. The first-order valence-electron chi connectivity index (χ1n) is 6.73. The summed E-state index contributed by atoms with van der Waals surface area (Å²) in [5, 5.41) is 0. The van der Waals surface area contributed by atoms with Crippen LogP contribution in [0.25, 0.3) is 0 Å². The van der Waals surface area contributed by atoms with Crippen LogP contribution in [0.3, 0.4) is 0 Å². The van der Waals surface area contributed by atoms with Crippen LogP contribution < -0.4 is 0 Å². The molecule has 0 radical (unpaired) electrons. The van der Waals surface area contributed by atoms with Gasteiger partial charge in [0.25, 0.3) is 0 Å². The Balaban J connectivity index is 2.26. The van der Waals surface area contributed by atoms with Crippen molar-refractivity contribution >= 4 is 28.0 Å². The monoisotopic (exact) mass is 355 g/mol. The topological polar surface area (TPSA) is 55.8 Å². The molecule has 5 nitrogen and oxygen atoms in total. The number of nitrogens with zero attached hydrogens (tertiary/aromatic N) is 1. The summed E-state index contributed by atoms with van der Waals surface area (Å²) in [7, 11) is 1.32. The summed E-state index contributed by atoms with van der Waals surface area (Å²) in [6, 6.07) is 6.88. The quantitative estimate of drug-likeness (QED) is 0.779. The molecule has 0 aromatic heterocycles. The number of esters is 1. The summed E-state index contributed by atoms with van der Waals surface area (Å²) in [4.78, 5) is 25.6. The van der Waals surface area contributed by atoms with Crippen molar-refractivity contribution in [1.29, 1.82) is 0 Å². The molecule has 1 aromatic carbocycles. The summed E-state index contributed by atoms with van der Waals surface area (Å²) >= 11 is 3.39. The third-order valence-electron chi connectivity index (χ3n) is 3.46. The predicted octanol–water partition coefficient (Wildman–Crippen LogP) is 2.97. The second kappa shape index (κ2) is 6.47. The van der Waals surface area contributed by atoms with Gasteiger partial charge >= 0.3 is 12.1 Å². The van der Waals surface area contributed by atoms with Crippen LogP contribution in [0, 0.1) is 5.92 Å². The van der Waals surface area contributed by atoms with Gasteiger partial charge in [0, 0.05) is 4.47 Å². The lowest BCUT2D eigenvalue weighted by molar-refractivity contribution is -0.147. The van der Waals surface area contributed by atoms with E-state index < -0.39 is 24.2 Å². The molecular weight excluding hydrogens is 338 g/mol. The van der Waals surface area contributed by atoms with Gasteiger partial charge in [-0.15, -0.1) is 0 Å². The Bertz CT molecular complexity index is 546. The van der Waals surface area contributed by atoms with Crippen LogP contribution in [0.2, 0.25) is 0 Å². The second-order valence-corrected chi connectivity index (χ2v) is 6.23. The first-order valence-corrected chi connectivity index (χ1v) is 7.53. The first-order chi connectivity index (χ1) is 9.93. The summed E-state index contributed by atoms with van der Waals surface area (Å²) < 4.78 is 11.1. The van der Waals surface area contributed by atoms with Gasteiger partial charge in [-0.05, 0) is 23.6 Å². The molecule has 0 saturated carbocycles. The fourth-order valence-electron chi connectivity index (χ4n) is 2.42. The molecule has 0 bridgehead atoms. The fourth-order valence-corrected chi connectivity index (χ4v) is 2.86. The third-order valence-corrected chi connectivity index (χ3v) is 3.95. The molecule has 1 heterocycles. The molecular formula is C15H18BrNO4. The molecule has 21 heavy (non-hydrogen) atoms. The number of rotatable bonds is 4. The maximum atomic E-state index is 12.1. The van der Waals surface area contributed by atoms with E-state index in [1.54, 1.807) is 0 Å². The zero-order valence-corrected chi connectivity index (χ0v) is 13.8. The van der Waals surface area contributed by atoms with E-state index in [0.717, 1.165) is 10.0 Å². The SMILES string of the molecule is COC(=O)[C@H]1[C@H](C(C)C)OC(=O)N1Cc1cccc(Br)c1.